The number of amides is 1. The number of ketones is 1. The monoisotopic (exact) mass is 455 g/mol. The number of Topliss-reactive ketones (excluding diaryl/α,β-unsaturated/α-hetero) is 1. The lowest BCUT2D eigenvalue weighted by Crippen LogP contribution is -2.32. The number of rotatable bonds is 6. The fraction of sp³-hybridized carbons (Fsp3) is 0.300. The van der Waals surface area contributed by atoms with E-state index in [4.69, 9.17) is 32.7 Å². The van der Waals surface area contributed by atoms with E-state index in [2.05, 4.69) is 0 Å². The van der Waals surface area contributed by atoms with Crippen molar-refractivity contribution in [2.75, 3.05) is 27.4 Å². The first-order valence-electron chi connectivity index (χ1n) is 8.66. The molecule has 1 fully saturated rings. The van der Waals surface area contributed by atoms with Crippen LogP contribution in [-0.2, 0) is 14.3 Å². The largest absolute Gasteiger partial charge is 0.507 e. The van der Waals surface area contributed by atoms with Gasteiger partial charge in [0.1, 0.15) is 11.5 Å². The van der Waals surface area contributed by atoms with Gasteiger partial charge in [-0.15, -0.1) is 11.3 Å². The molecule has 6 nitrogen and oxygen atoms in total. The van der Waals surface area contributed by atoms with E-state index in [-0.39, 0.29) is 45.8 Å². The first-order chi connectivity index (χ1) is 13.8. The van der Waals surface area contributed by atoms with E-state index in [9.17, 15) is 14.7 Å². The minimum absolute atomic E-state index is 0.0340. The number of thiophene rings is 1. The molecular formula is C20H19Cl2NO5S. The topological polar surface area (TPSA) is 76.1 Å². The smallest absolute Gasteiger partial charge is 0.295 e. The molecule has 3 rings (SSSR count). The van der Waals surface area contributed by atoms with Crippen molar-refractivity contribution in [2.45, 2.75) is 13.0 Å². The number of halogens is 2. The highest BCUT2D eigenvalue weighted by molar-refractivity contribution is 7.10. The number of benzene rings is 1. The Bertz CT molecular complexity index is 1000. The number of hydrogen-bond acceptors (Lipinski definition) is 6. The average molecular weight is 456 g/mol. The predicted octanol–water partition coefficient (Wildman–Crippen LogP) is 4.44. The number of aliphatic hydroxyl groups is 1. The molecular weight excluding hydrogens is 437 g/mol. The number of ether oxygens (including phenoxy) is 2. The van der Waals surface area contributed by atoms with Gasteiger partial charge in [-0.1, -0.05) is 23.2 Å². The number of carbonyl (C=O) groups excluding carboxylic acids is 2. The molecule has 9 heteroatoms. The maximum Gasteiger partial charge on any atom is 0.295 e. The summed E-state index contributed by atoms with van der Waals surface area (Å²) in [4.78, 5) is 27.9. The molecule has 1 aliphatic rings. The van der Waals surface area contributed by atoms with Gasteiger partial charge in [-0.3, -0.25) is 9.59 Å². The summed E-state index contributed by atoms with van der Waals surface area (Å²) in [6, 6.07) is 4.07. The Morgan fingerprint density at radius 2 is 2.00 bits per heavy atom. The second-order valence-corrected chi connectivity index (χ2v) is 8.21. The van der Waals surface area contributed by atoms with E-state index in [1.807, 2.05) is 18.4 Å². The number of likely N-dealkylation sites (tertiary alicyclic amines) is 1. The van der Waals surface area contributed by atoms with E-state index in [1.54, 1.807) is 0 Å². The minimum atomic E-state index is -0.783. The third-order valence-corrected chi connectivity index (χ3v) is 6.26. The molecule has 1 aromatic heterocycles. The van der Waals surface area contributed by atoms with Crippen molar-refractivity contribution in [1.82, 2.24) is 4.90 Å². The predicted molar refractivity (Wildman–Crippen MR) is 113 cm³/mol. The van der Waals surface area contributed by atoms with Crippen LogP contribution in [0.4, 0.5) is 0 Å². The molecule has 0 bridgehead atoms. The van der Waals surface area contributed by atoms with Crippen molar-refractivity contribution in [3.63, 3.8) is 0 Å². The van der Waals surface area contributed by atoms with Gasteiger partial charge in [0.2, 0.25) is 0 Å². The molecule has 0 spiro atoms. The summed E-state index contributed by atoms with van der Waals surface area (Å²) >= 11 is 13.7. The molecule has 1 aromatic carbocycles. The van der Waals surface area contributed by atoms with Gasteiger partial charge < -0.3 is 19.5 Å². The summed E-state index contributed by atoms with van der Waals surface area (Å²) in [7, 11) is 2.91. The molecule has 0 saturated carbocycles. The number of carbonyl (C=O) groups is 2. The van der Waals surface area contributed by atoms with Crippen LogP contribution in [0.3, 0.4) is 0 Å². The van der Waals surface area contributed by atoms with Crippen molar-refractivity contribution in [2.24, 2.45) is 0 Å². The van der Waals surface area contributed by atoms with E-state index in [0.717, 1.165) is 10.4 Å². The summed E-state index contributed by atoms with van der Waals surface area (Å²) in [5.41, 5.74) is 1.02. The van der Waals surface area contributed by atoms with Gasteiger partial charge in [0, 0.05) is 23.6 Å². The molecule has 2 aromatic rings. The van der Waals surface area contributed by atoms with Gasteiger partial charge in [0.05, 0.1) is 35.9 Å². The van der Waals surface area contributed by atoms with Crippen LogP contribution in [0.15, 0.2) is 29.2 Å². The van der Waals surface area contributed by atoms with Gasteiger partial charge >= 0.3 is 0 Å². The second-order valence-electron chi connectivity index (χ2n) is 6.42. The van der Waals surface area contributed by atoms with Crippen LogP contribution >= 0.6 is 34.5 Å². The van der Waals surface area contributed by atoms with E-state index in [0.29, 0.717) is 0 Å². The van der Waals surface area contributed by atoms with Gasteiger partial charge in [-0.05, 0) is 36.1 Å². The Balaban J connectivity index is 2.26. The van der Waals surface area contributed by atoms with Crippen LogP contribution in [0.5, 0.6) is 5.75 Å². The highest BCUT2D eigenvalue weighted by atomic mass is 35.5. The lowest BCUT2D eigenvalue weighted by molar-refractivity contribution is -0.140. The van der Waals surface area contributed by atoms with Crippen LogP contribution in [-0.4, -0.2) is 49.1 Å². The lowest BCUT2D eigenvalue weighted by atomic mass is 9.98. The summed E-state index contributed by atoms with van der Waals surface area (Å²) in [6.07, 6.45) is 0. The zero-order valence-electron chi connectivity index (χ0n) is 16.0. The standard InChI is InChI=1S/C20H19Cl2NO5S/c1-10-4-7-29-19(10)15-14(17(25)20(26)23(15)5-6-27-2)16(24)12-8-11(21)9-13(22)18(12)28-3/h4,7-9,15,24H,5-6H2,1-3H3/b16-14+. The summed E-state index contributed by atoms with van der Waals surface area (Å²) in [6.45, 7) is 2.34. The molecule has 0 aliphatic carbocycles. The van der Waals surface area contributed by atoms with Crippen molar-refractivity contribution < 1.29 is 24.2 Å². The zero-order valence-corrected chi connectivity index (χ0v) is 18.3. The quantitative estimate of drug-likeness (QED) is 0.395. The molecule has 1 saturated heterocycles. The van der Waals surface area contributed by atoms with Gasteiger partial charge in [0.15, 0.2) is 0 Å². The van der Waals surface area contributed by atoms with Crippen molar-refractivity contribution in [3.8, 4) is 5.75 Å². The van der Waals surface area contributed by atoms with E-state index in [1.165, 1.54) is 42.6 Å². The first-order valence-corrected chi connectivity index (χ1v) is 10.3. The highest BCUT2D eigenvalue weighted by Crippen LogP contribution is 2.45. The number of hydrogen-bond donors (Lipinski definition) is 1. The fourth-order valence-corrected chi connectivity index (χ4v) is 4.94. The molecule has 1 unspecified atom stereocenters. The molecule has 29 heavy (non-hydrogen) atoms. The van der Waals surface area contributed by atoms with E-state index < -0.39 is 17.7 Å². The lowest BCUT2D eigenvalue weighted by Gasteiger charge is -2.24. The SMILES string of the molecule is COCCN1C(=O)C(=O)/C(=C(/O)c2cc(Cl)cc(Cl)c2OC)C1c1sccc1C. The van der Waals surface area contributed by atoms with Crippen LogP contribution < -0.4 is 4.74 Å². The van der Waals surface area contributed by atoms with Crippen LogP contribution in [0.25, 0.3) is 5.76 Å². The number of methoxy groups -OCH3 is 2. The Morgan fingerprint density at radius 3 is 2.59 bits per heavy atom. The van der Waals surface area contributed by atoms with Crippen LogP contribution in [0, 0.1) is 6.92 Å². The summed E-state index contributed by atoms with van der Waals surface area (Å²) in [5.74, 6) is -1.70. The first kappa shape index (κ1) is 21.6. The number of aliphatic hydroxyl groups excluding tert-OH is 1. The fourth-order valence-electron chi connectivity index (χ4n) is 3.33. The van der Waals surface area contributed by atoms with Crippen molar-refractivity contribution >= 4 is 52.0 Å². The van der Waals surface area contributed by atoms with Gasteiger partial charge in [-0.2, -0.15) is 0 Å². The van der Waals surface area contributed by atoms with Crippen LogP contribution in [0.2, 0.25) is 10.0 Å². The highest BCUT2D eigenvalue weighted by Gasteiger charge is 2.47. The van der Waals surface area contributed by atoms with Crippen molar-refractivity contribution in [1.29, 1.82) is 0 Å². The van der Waals surface area contributed by atoms with Crippen LogP contribution in [0.1, 0.15) is 22.0 Å². The molecule has 1 atom stereocenters. The van der Waals surface area contributed by atoms with Gasteiger partial charge in [-0.25, -0.2) is 0 Å². The van der Waals surface area contributed by atoms with E-state index >= 15 is 0 Å². The molecule has 1 aliphatic heterocycles. The molecule has 2 heterocycles. The number of nitrogens with zero attached hydrogens (tertiary/aromatic N) is 1. The Morgan fingerprint density at radius 1 is 1.28 bits per heavy atom. The summed E-state index contributed by atoms with van der Waals surface area (Å²) in [5, 5.41) is 13.4. The second kappa shape index (κ2) is 8.75. The van der Waals surface area contributed by atoms with Gasteiger partial charge in [0.25, 0.3) is 11.7 Å². The Kier molecular flexibility index (Phi) is 6.53. The Labute approximate surface area is 182 Å². The zero-order chi connectivity index (χ0) is 21.3. The molecule has 1 N–H and O–H groups in total. The molecule has 1 amide bonds. The Hall–Kier alpha value is -2.06. The normalized spacial score (nSPS) is 18.5. The minimum Gasteiger partial charge on any atom is -0.507 e. The maximum atomic E-state index is 12.9. The van der Waals surface area contributed by atoms with Crippen molar-refractivity contribution in [3.05, 3.63) is 55.2 Å². The maximum absolute atomic E-state index is 12.9. The molecule has 154 valence electrons. The third kappa shape index (κ3) is 3.88. The summed E-state index contributed by atoms with van der Waals surface area (Å²) < 4.78 is 10.4. The number of aryl methyl sites for hydroxylation is 1. The average Bonchev–Trinajstić information content (AvgIpc) is 3.20. The third-order valence-electron chi connectivity index (χ3n) is 4.69. The molecule has 0 radical (unpaired) electrons.